The lowest BCUT2D eigenvalue weighted by atomic mass is 10.3. The van der Waals surface area contributed by atoms with Crippen LogP contribution >= 0.6 is 27.3 Å². The summed E-state index contributed by atoms with van der Waals surface area (Å²) in [6, 6.07) is 8.16. The number of hydrogen-bond acceptors (Lipinski definition) is 3. The molecule has 1 aromatic heterocycles. The number of thiazole rings is 1. The van der Waals surface area contributed by atoms with Crippen LogP contribution in [0.2, 0.25) is 0 Å². The maximum absolute atomic E-state index is 4.21. The predicted octanol–water partition coefficient (Wildman–Crippen LogP) is 3.83. The van der Waals surface area contributed by atoms with E-state index in [2.05, 4.69) is 38.4 Å². The molecule has 4 heteroatoms. The van der Waals surface area contributed by atoms with Crippen molar-refractivity contribution in [1.82, 2.24) is 4.98 Å². The van der Waals surface area contributed by atoms with Crippen molar-refractivity contribution in [2.75, 3.05) is 5.32 Å². The van der Waals surface area contributed by atoms with Gasteiger partial charge in [0.05, 0.1) is 11.6 Å². The molecule has 1 heterocycles. The topological polar surface area (TPSA) is 24.9 Å². The van der Waals surface area contributed by atoms with Gasteiger partial charge in [-0.2, -0.15) is 0 Å². The van der Waals surface area contributed by atoms with E-state index in [0.29, 0.717) is 0 Å². The Hall–Kier alpha value is -0.870. The molecule has 2 rings (SSSR count). The van der Waals surface area contributed by atoms with Gasteiger partial charge in [0.2, 0.25) is 0 Å². The first-order valence-corrected chi connectivity index (χ1v) is 6.26. The van der Waals surface area contributed by atoms with Crippen molar-refractivity contribution in [3.8, 4) is 0 Å². The van der Waals surface area contributed by atoms with Gasteiger partial charge in [-0.1, -0.05) is 15.9 Å². The summed E-state index contributed by atoms with van der Waals surface area (Å²) >= 11 is 5.14. The highest BCUT2D eigenvalue weighted by atomic mass is 79.9. The number of aryl methyl sites for hydroxylation is 1. The van der Waals surface area contributed by atoms with Gasteiger partial charge in [0.1, 0.15) is 0 Å². The van der Waals surface area contributed by atoms with E-state index in [1.807, 2.05) is 25.3 Å². The standard InChI is InChI=1S/C11H11BrN2S/c1-8-13-6-11(15-8)7-14-10-4-2-9(12)3-5-10/h2-6,14H,7H2,1H3. The van der Waals surface area contributed by atoms with Crippen LogP contribution in [0.4, 0.5) is 5.69 Å². The first-order valence-electron chi connectivity index (χ1n) is 4.65. The minimum Gasteiger partial charge on any atom is -0.380 e. The van der Waals surface area contributed by atoms with E-state index in [-0.39, 0.29) is 0 Å². The zero-order valence-electron chi connectivity index (χ0n) is 8.33. The van der Waals surface area contributed by atoms with Crippen molar-refractivity contribution in [2.24, 2.45) is 0 Å². The summed E-state index contributed by atoms with van der Waals surface area (Å²) in [5.41, 5.74) is 1.13. The van der Waals surface area contributed by atoms with E-state index >= 15 is 0 Å². The third kappa shape index (κ3) is 3.04. The van der Waals surface area contributed by atoms with Gasteiger partial charge in [-0.15, -0.1) is 11.3 Å². The number of rotatable bonds is 3. The Morgan fingerprint density at radius 1 is 1.33 bits per heavy atom. The highest BCUT2D eigenvalue weighted by molar-refractivity contribution is 9.10. The number of anilines is 1. The van der Waals surface area contributed by atoms with Crippen molar-refractivity contribution in [2.45, 2.75) is 13.5 Å². The summed E-state index contributed by atoms with van der Waals surface area (Å²) in [6.45, 7) is 2.86. The van der Waals surface area contributed by atoms with E-state index in [0.717, 1.165) is 21.7 Å². The molecule has 0 saturated carbocycles. The average molecular weight is 283 g/mol. The van der Waals surface area contributed by atoms with E-state index in [1.54, 1.807) is 11.3 Å². The van der Waals surface area contributed by atoms with Crippen molar-refractivity contribution >= 4 is 33.0 Å². The summed E-state index contributed by atoms with van der Waals surface area (Å²) < 4.78 is 1.10. The zero-order valence-corrected chi connectivity index (χ0v) is 10.7. The number of aromatic nitrogens is 1. The highest BCUT2D eigenvalue weighted by Gasteiger charge is 1.97. The Kier molecular flexibility index (Phi) is 3.38. The molecule has 0 bridgehead atoms. The first kappa shape index (κ1) is 10.6. The van der Waals surface area contributed by atoms with Gasteiger partial charge in [-0.05, 0) is 31.2 Å². The molecule has 1 N–H and O–H groups in total. The lowest BCUT2D eigenvalue weighted by molar-refractivity contribution is 1.17. The SMILES string of the molecule is Cc1ncc(CNc2ccc(Br)cc2)s1. The van der Waals surface area contributed by atoms with E-state index in [9.17, 15) is 0 Å². The highest BCUT2D eigenvalue weighted by Crippen LogP contribution is 2.17. The lowest BCUT2D eigenvalue weighted by Gasteiger charge is -2.03. The average Bonchev–Trinajstić information content (AvgIpc) is 2.64. The fraction of sp³-hybridized carbons (Fsp3) is 0.182. The molecule has 0 amide bonds. The Morgan fingerprint density at radius 2 is 2.07 bits per heavy atom. The number of nitrogens with one attached hydrogen (secondary N) is 1. The van der Waals surface area contributed by atoms with Gasteiger partial charge in [-0.3, -0.25) is 0 Å². The second kappa shape index (κ2) is 4.77. The third-order valence-corrected chi connectivity index (χ3v) is 3.42. The molecule has 2 aromatic rings. The Bertz CT molecular complexity index is 436. The van der Waals surface area contributed by atoms with Gasteiger partial charge in [0.25, 0.3) is 0 Å². The molecule has 0 aliphatic carbocycles. The van der Waals surface area contributed by atoms with E-state index < -0.39 is 0 Å². The quantitative estimate of drug-likeness (QED) is 0.926. The van der Waals surface area contributed by atoms with Crippen LogP contribution in [0.15, 0.2) is 34.9 Å². The maximum Gasteiger partial charge on any atom is 0.0897 e. The minimum atomic E-state index is 0.840. The normalized spacial score (nSPS) is 10.3. The second-order valence-electron chi connectivity index (χ2n) is 3.21. The molecule has 0 saturated heterocycles. The summed E-state index contributed by atoms with van der Waals surface area (Å²) in [5.74, 6) is 0. The maximum atomic E-state index is 4.21. The zero-order chi connectivity index (χ0) is 10.7. The molecule has 1 aromatic carbocycles. The molecular weight excluding hydrogens is 272 g/mol. The van der Waals surface area contributed by atoms with Gasteiger partial charge >= 0.3 is 0 Å². The third-order valence-electron chi connectivity index (χ3n) is 1.98. The first-order chi connectivity index (χ1) is 7.24. The molecule has 0 atom stereocenters. The second-order valence-corrected chi connectivity index (χ2v) is 5.44. The summed E-state index contributed by atoms with van der Waals surface area (Å²) in [6.07, 6.45) is 1.92. The van der Waals surface area contributed by atoms with Gasteiger partial charge < -0.3 is 5.32 Å². The van der Waals surface area contributed by atoms with Gasteiger partial charge in [0.15, 0.2) is 0 Å². The Morgan fingerprint density at radius 3 is 2.67 bits per heavy atom. The van der Waals surface area contributed by atoms with Crippen LogP contribution in [0.5, 0.6) is 0 Å². The molecule has 0 aliphatic rings. The van der Waals surface area contributed by atoms with Gasteiger partial charge in [-0.25, -0.2) is 4.98 Å². The number of hydrogen-bond donors (Lipinski definition) is 1. The van der Waals surface area contributed by atoms with E-state index in [1.165, 1.54) is 4.88 Å². The van der Waals surface area contributed by atoms with Crippen LogP contribution in [0.3, 0.4) is 0 Å². The molecule has 0 radical (unpaired) electrons. The number of benzene rings is 1. The summed E-state index contributed by atoms with van der Waals surface area (Å²) in [5, 5.41) is 4.46. The van der Waals surface area contributed by atoms with Crippen molar-refractivity contribution in [3.05, 3.63) is 44.8 Å². The van der Waals surface area contributed by atoms with Crippen LogP contribution in [-0.2, 0) is 6.54 Å². The summed E-state index contributed by atoms with van der Waals surface area (Å²) in [7, 11) is 0. The Labute approximate surface area is 101 Å². The predicted molar refractivity (Wildman–Crippen MR) is 68.3 cm³/mol. The van der Waals surface area contributed by atoms with Crippen molar-refractivity contribution in [3.63, 3.8) is 0 Å². The minimum absolute atomic E-state index is 0.840. The Balaban J connectivity index is 1.96. The molecule has 0 spiro atoms. The molecule has 0 aliphatic heterocycles. The summed E-state index contributed by atoms with van der Waals surface area (Å²) in [4.78, 5) is 5.47. The molecular formula is C11H11BrN2S. The molecule has 78 valence electrons. The monoisotopic (exact) mass is 282 g/mol. The van der Waals surface area contributed by atoms with Crippen LogP contribution in [0.25, 0.3) is 0 Å². The lowest BCUT2D eigenvalue weighted by Crippen LogP contribution is -1.96. The van der Waals surface area contributed by atoms with Gasteiger partial charge in [0, 0.05) is 21.2 Å². The number of halogens is 1. The number of nitrogens with zero attached hydrogens (tertiary/aromatic N) is 1. The smallest absolute Gasteiger partial charge is 0.0897 e. The fourth-order valence-corrected chi connectivity index (χ4v) is 2.24. The largest absolute Gasteiger partial charge is 0.380 e. The van der Waals surface area contributed by atoms with Crippen LogP contribution < -0.4 is 5.32 Å². The molecule has 2 nitrogen and oxygen atoms in total. The van der Waals surface area contributed by atoms with Crippen LogP contribution in [0.1, 0.15) is 9.88 Å². The molecule has 0 fully saturated rings. The fourth-order valence-electron chi connectivity index (χ4n) is 1.24. The van der Waals surface area contributed by atoms with E-state index in [4.69, 9.17) is 0 Å². The van der Waals surface area contributed by atoms with Crippen molar-refractivity contribution < 1.29 is 0 Å². The van der Waals surface area contributed by atoms with Crippen molar-refractivity contribution in [1.29, 1.82) is 0 Å². The molecule has 0 unspecified atom stereocenters. The van der Waals surface area contributed by atoms with Crippen LogP contribution in [-0.4, -0.2) is 4.98 Å². The van der Waals surface area contributed by atoms with Crippen LogP contribution in [0, 0.1) is 6.92 Å². The molecule has 15 heavy (non-hydrogen) atoms.